The van der Waals surface area contributed by atoms with Gasteiger partial charge in [0.15, 0.2) is 0 Å². The zero-order valence-corrected chi connectivity index (χ0v) is 9.78. The fourth-order valence-electron chi connectivity index (χ4n) is 1.32. The zero-order chi connectivity index (χ0) is 12.4. The van der Waals surface area contributed by atoms with Gasteiger partial charge in [0.05, 0.1) is 16.9 Å². The van der Waals surface area contributed by atoms with Gasteiger partial charge < -0.3 is 16.2 Å². The quantitative estimate of drug-likeness (QED) is 0.719. The third kappa shape index (κ3) is 2.34. The first-order valence-corrected chi connectivity index (χ1v) is 5.54. The van der Waals surface area contributed by atoms with E-state index in [0.717, 1.165) is 0 Å². The van der Waals surface area contributed by atoms with Gasteiger partial charge >= 0.3 is 5.97 Å². The van der Waals surface area contributed by atoms with Gasteiger partial charge in [0.1, 0.15) is 5.82 Å². The molecule has 0 saturated carbocycles. The summed E-state index contributed by atoms with van der Waals surface area (Å²) in [7, 11) is 0. The second kappa shape index (κ2) is 4.38. The fraction of sp³-hybridized carbons (Fsp3) is 0.100. The molecule has 88 valence electrons. The van der Waals surface area contributed by atoms with Crippen LogP contribution in [0.4, 0.5) is 16.5 Å². The molecule has 0 aliphatic heterocycles. The first-order chi connectivity index (χ1) is 8.08. The number of aryl methyl sites for hydroxylation is 1. The summed E-state index contributed by atoms with van der Waals surface area (Å²) >= 11 is 1.19. The van der Waals surface area contributed by atoms with Gasteiger partial charge in [-0.3, -0.25) is 0 Å². The van der Waals surface area contributed by atoms with Crippen LogP contribution >= 0.6 is 11.5 Å². The van der Waals surface area contributed by atoms with Gasteiger partial charge in [-0.15, -0.1) is 0 Å². The van der Waals surface area contributed by atoms with Crippen molar-refractivity contribution >= 4 is 34.0 Å². The minimum Gasteiger partial charge on any atom is -0.478 e. The predicted octanol–water partition coefficient (Wildman–Crippen LogP) is 1.87. The predicted molar refractivity (Wildman–Crippen MR) is 65.7 cm³/mol. The van der Waals surface area contributed by atoms with Crippen LogP contribution in [0, 0.1) is 6.92 Å². The summed E-state index contributed by atoms with van der Waals surface area (Å²) in [5, 5.41) is 12.5. The van der Waals surface area contributed by atoms with E-state index >= 15 is 0 Å². The Morgan fingerprint density at radius 1 is 1.53 bits per heavy atom. The van der Waals surface area contributed by atoms with Crippen LogP contribution in [0.15, 0.2) is 18.2 Å². The number of hydrogen-bond acceptors (Lipinski definition) is 6. The Kier molecular flexibility index (Phi) is 2.92. The van der Waals surface area contributed by atoms with E-state index in [2.05, 4.69) is 14.7 Å². The first kappa shape index (κ1) is 11.3. The van der Waals surface area contributed by atoms with Crippen LogP contribution in [0.5, 0.6) is 0 Å². The van der Waals surface area contributed by atoms with Crippen LogP contribution in [0.3, 0.4) is 0 Å². The lowest BCUT2D eigenvalue weighted by atomic mass is 10.1. The Bertz CT molecular complexity index is 567. The first-order valence-electron chi connectivity index (χ1n) is 4.77. The number of nitrogen functional groups attached to an aromatic ring is 1. The van der Waals surface area contributed by atoms with E-state index < -0.39 is 5.97 Å². The molecule has 7 heteroatoms. The Balaban J connectivity index is 2.33. The molecule has 17 heavy (non-hydrogen) atoms. The lowest BCUT2D eigenvalue weighted by molar-refractivity contribution is 0.0698. The van der Waals surface area contributed by atoms with Crippen molar-refractivity contribution < 1.29 is 9.90 Å². The van der Waals surface area contributed by atoms with Crippen LogP contribution in [-0.4, -0.2) is 20.4 Å². The Morgan fingerprint density at radius 2 is 2.29 bits per heavy atom. The molecule has 0 aliphatic rings. The van der Waals surface area contributed by atoms with E-state index in [9.17, 15) is 4.79 Å². The third-order valence-corrected chi connectivity index (χ3v) is 2.83. The van der Waals surface area contributed by atoms with Crippen molar-refractivity contribution in [1.29, 1.82) is 0 Å². The van der Waals surface area contributed by atoms with Crippen molar-refractivity contribution in [2.24, 2.45) is 0 Å². The number of nitrogens with zero attached hydrogens (tertiary/aromatic N) is 2. The summed E-state index contributed by atoms with van der Waals surface area (Å²) in [4.78, 5) is 15.0. The topological polar surface area (TPSA) is 101 Å². The van der Waals surface area contributed by atoms with Crippen molar-refractivity contribution in [1.82, 2.24) is 9.36 Å². The van der Waals surface area contributed by atoms with Crippen molar-refractivity contribution in [2.45, 2.75) is 6.92 Å². The number of aromatic nitrogens is 2. The van der Waals surface area contributed by atoms with Gasteiger partial charge in [-0.1, -0.05) is 6.07 Å². The second-order valence-electron chi connectivity index (χ2n) is 3.34. The number of nitrogens with two attached hydrogens (primary N) is 1. The molecule has 0 radical (unpaired) electrons. The summed E-state index contributed by atoms with van der Waals surface area (Å²) < 4.78 is 4.01. The number of benzene rings is 1. The smallest absolute Gasteiger partial charge is 0.337 e. The Labute approximate surface area is 101 Å². The monoisotopic (exact) mass is 250 g/mol. The molecule has 0 spiro atoms. The van der Waals surface area contributed by atoms with Crippen molar-refractivity contribution in [3.63, 3.8) is 0 Å². The van der Waals surface area contributed by atoms with Gasteiger partial charge in [0.2, 0.25) is 5.13 Å². The number of para-hydroxylation sites is 1. The maximum Gasteiger partial charge on any atom is 0.337 e. The summed E-state index contributed by atoms with van der Waals surface area (Å²) in [5.41, 5.74) is 6.52. The molecule has 2 aromatic rings. The van der Waals surface area contributed by atoms with E-state index in [4.69, 9.17) is 10.8 Å². The normalized spacial score (nSPS) is 10.2. The van der Waals surface area contributed by atoms with Crippen LogP contribution < -0.4 is 11.1 Å². The van der Waals surface area contributed by atoms with E-state index in [1.54, 1.807) is 19.1 Å². The van der Waals surface area contributed by atoms with Crippen molar-refractivity contribution in [3.8, 4) is 0 Å². The molecule has 0 bridgehead atoms. The highest BCUT2D eigenvalue weighted by atomic mass is 32.1. The average molecular weight is 250 g/mol. The van der Waals surface area contributed by atoms with Crippen LogP contribution in [0.1, 0.15) is 16.2 Å². The Morgan fingerprint density at radius 3 is 2.88 bits per heavy atom. The summed E-state index contributed by atoms with van der Waals surface area (Å²) in [5.74, 6) is -0.398. The number of nitrogens with one attached hydrogen (secondary N) is 1. The fourth-order valence-corrected chi connectivity index (χ4v) is 1.91. The molecule has 6 nitrogen and oxygen atoms in total. The number of carboxylic acids is 1. The molecule has 0 amide bonds. The molecule has 0 saturated heterocycles. The number of carbonyl (C=O) groups is 1. The molecular weight excluding hydrogens is 240 g/mol. The molecule has 4 N–H and O–H groups in total. The molecule has 1 heterocycles. The molecule has 1 aromatic heterocycles. The number of hydrogen-bond donors (Lipinski definition) is 3. The van der Waals surface area contributed by atoms with E-state index in [1.807, 2.05) is 0 Å². The standard InChI is InChI=1S/C10H10N4O2S/c1-5-12-10(17-14-5)13-7-4-2-3-6(8(7)11)9(15)16/h2-4H,11H2,1H3,(H,15,16)(H,12,13,14). The van der Waals surface area contributed by atoms with Crippen LogP contribution in [-0.2, 0) is 0 Å². The number of rotatable bonds is 3. The van der Waals surface area contributed by atoms with Gasteiger partial charge in [-0.05, 0) is 19.1 Å². The summed E-state index contributed by atoms with van der Waals surface area (Å²) in [6, 6.07) is 4.77. The van der Waals surface area contributed by atoms with Crippen molar-refractivity contribution in [3.05, 3.63) is 29.6 Å². The zero-order valence-electron chi connectivity index (χ0n) is 8.97. The van der Waals surface area contributed by atoms with Gasteiger partial charge in [-0.25, -0.2) is 9.78 Å². The molecule has 1 aromatic carbocycles. The highest BCUT2D eigenvalue weighted by Crippen LogP contribution is 2.26. The largest absolute Gasteiger partial charge is 0.478 e. The lowest BCUT2D eigenvalue weighted by Crippen LogP contribution is -2.05. The molecule has 0 unspecified atom stereocenters. The average Bonchev–Trinajstić information content (AvgIpc) is 2.67. The molecule has 0 aliphatic carbocycles. The number of aromatic carboxylic acids is 1. The second-order valence-corrected chi connectivity index (χ2v) is 4.10. The highest BCUT2D eigenvalue weighted by Gasteiger charge is 2.11. The third-order valence-electron chi connectivity index (χ3n) is 2.11. The van der Waals surface area contributed by atoms with Crippen LogP contribution in [0.25, 0.3) is 0 Å². The van der Waals surface area contributed by atoms with Gasteiger partial charge in [-0.2, -0.15) is 4.37 Å². The van der Waals surface area contributed by atoms with E-state index in [0.29, 0.717) is 16.6 Å². The van der Waals surface area contributed by atoms with Gasteiger partial charge in [0, 0.05) is 11.5 Å². The SMILES string of the molecule is Cc1nsc(Nc2cccc(C(=O)O)c2N)n1. The lowest BCUT2D eigenvalue weighted by Gasteiger charge is -2.08. The summed E-state index contributed by atoms with van der Waals surface area (Å²) in [6.07, 6.45) is 0. The maximum absolute atomic E-state index is 10.9. The Hall–Kier alpha value is -2.15. The van der Waals surface area contributed by atoms with Crippen molar-refractivity contribution in [2.75, 3.05) is 11.1 Å². The summed E-state index contributed by atoms with van der Waals surface area (Å²) in [6.45, 7) is 1.78. The molecule has 0 atom stereocenters. The number of carboxylic acid groups (broad SMARTS) is 1. The number of anilines is 3. The molecule has 2 rings (SSSR count). The molecule has 0 fully saturated rings. The van der Waals surface area contributed by atoms with E-state index in [1.165, 1.54) is 17.6 Å². The maximum atomic E-state index is 10.9. The van der Waals surface area contributed by atoms with Gasteiger partial charge in [0.25, 0.3) is 0 Å². The van der Waals surface area contributed by atoms with E-state index in [-0.39, 0.29) is 11.3 Å². The minimum absolute atomic E-state index is 0.0660. The molecular formula is C10H10N4O2S. The van der Waals surface area contributed by atoms with Crippen LogP contribution in [0.2, 0.25) is 0 Å². The minimum atomic E-state index is -1.06. The highest BCUT2D eigenvalue weighted by molar-refractivity contribution is 7.09.